The second-order valence-corrected chi connectivity index (χ2v) is 4.87. The zero-order chi connectivity index (χ0) is 13.1. The maximum Gasteiger partial charge on any atom is 0.153 e. The summed E-state index contributed by atoms with van der Waals surface area (Å²) in [4.78, 5) is 8.23. The molecule has 3 N–H and O–H groups in total. The van der Waals surface area contributed by atoms with Crippen molar-refractivity contribution < 1.29 is 5.11 Å². The number of rotatable bonds is 4. The third-order valence-corrected chi connectivity index (χ3v) is 3.52. The van der Waals surface area contributed by atoms with Gasteiger partial charge in [0.05, 0.1) is 24.7 Å². The molecule has 1 fully saturated rings. The van der Waals surface area contributed by atoms with Crippen LogP contribution in [0.4, 0.5) is 11.6 Å². The molecule has 19 heavy (non-hydrogen) atoms. The second kappa shape index (κ2) is 5.36. The van der Waals surface area contributed by atoms with Crippen LogP contribution in [0.2, 0.25) is 0 Å². The van der Waals surface area contributed by atoms with E-state index >= 15 is 0 Å². The Kier molecular flexibility index (Phi) is 3.41. The lowest BCUT2D eigenvalue weighted by molar-refractivity contribution is 0.276. The number of hydrogen-bond acceptors (Lipinski definition) is 5. The van der Waals surface area contributed by atoms with Crippen LogP contribution in [0, 0.1) is 0 Å². The van der Waals surface area contributed by atoms with Gasteiger partial charge in [-0.05, 0) is 12.8 Å². The summed E-state index contributed by atoms with van der Waals surface area (Å²) >= 11 is 0. The molecule has 0 bridgehead atoms. The molecule has 0 spiro atoms. The van der Waals surface area contributed by atoms with E-state index in [-0.39, 0.29) is 6.61 Å². The van der Waals surface area contributed by atoms with E-state index in [1.807, 2.05) is 6.07 Å². The first kappa shape index (κ1) is 12.1. The van der Waals surface area contributed by atoms with Gasteiger partial charge in [0, 0.05) is 17.7 Å². The highest BCUT2D eigenvalue weighted by molar-refractivity contribution is 5.50. The molecule has 2 aromatic heterocycles. The van der Waals surface area contributed by atoms with Crippen molar-refractivity contribution in [3.63, 3.8) is 0 Å². The highest BCUT2D eigenvalue weighted by atomic mass is 16.3. The average molecular weight is 259 g/mol. The van der Waals surface area contributed by atoms with Gasteiger partial charge in [0.1, 0.15) is 5.82 Å². The lowest BCUT2D eigenvalue weighted by Crippen LogP contribution is -1.97. The molecule has 1 aliphatic carbocycles. The lowest BCUT2D eigenvalue weighted by atomic mass is 10.0. The Hall–Kier alpha value is -1.95. The summed E-state index contributed by atoms with van der Waals surface area (Å²) in [7, 11) is 0. The summed E-state index contributed by atoms with van der Waals surface area (Å²) in [6.45, 7) is -0.0957. The predicted octanol–water partition coefficient (Wildman–Crippen LogP) is 2.09. The van der Waals surface area contributed by atoms with E-state index in [0.717, 1.165) is 5.82 Å². The van der Waals surface area contributed by atoms with E-state index in [1.165, 1.54) is 31.4 Å². The van der Waals surface area contributed by atoms with Crippen molar-refractivity contribution in [3.05, 3.63) is 29.8 Å². The molecule has 2 heterocycles. The Bertz CT molecular complexity index is 530. The normalized spacial score (nSPS) is 15.8. The summed E-state index contributed by atoms with van der Waals surface area (Å²) in [6, 6.07) is 2.04. The van der Waals surface area contributed by atoms with Gasteiger partial charge >= 0.3 is 0 Å². The highest BCUT2D eigenvalue weighted by Crippen LogP contribution is 2.33. The molecule has 6 nitrogen and oxygen atoms in total. The van der Waals surface area contributed by atoms with Crippen LogP contribution in [0.15, 0.2) is 18.5 Å². The zero-order valence-electron chi connectivity index (χ0n) is 10.6. The Balaban J connectivity index is 1.68. The largest absolute Gasteiger partial charge is 0.390 e. The molecule has 0 aromatic carbocycles. The smallest absolute Gasteiger partial charge is 0.153 e. The first-order chi connectivity index (χ1) is 9.35. The van der Waals surface area contributed by atoms with Crippen LogP contribution in [0.25, 0.3) is 0 Å². The van der Waals surface area contributed by atoms with Crippen LogP contribution in [-0.2, 0) is 6.61 Å². The molecule has 3 rings (SSSR count). The molecular formula is C13H17N5O. The topological polar surface area (TPSA) is 86.7 Å². The third-order valence-electron chi connectivity index (χ3n) is 3.52. The second-order valence-electron chi connectivity index (χ2n) is 4.87. The van der Waals surface area contributed by atoms with Crippen LogP contribution in [0.1, 0.15) is 43.0 Å². The van der Waals surface area contributed by atoms with Gasteiger partial charge in [-0.3, -0.25) is 10.1 Å². The standard InChI is InChI=1S/C13H17N5O/c19-8-10-6-15-13(7-14-10)16-12-5-11(17-18-12)9-3-1-2-4-9/h5-7,9,19H,1-4,8H2,(H2,15,16,17,18). The summed E-state index contributed by atoms with van der Waals surface area (Å²) in [5.41, 5.74) is 1.75. The van der Waals surface area contributed by atoms with Gasteiger partial charge in [0.2, 0.25) is 0 Å². The first-order valence-corrected chi connectivity index (χ1v) is 6.59. The fourth-order valence-corrected chi connectivity index (χ4v) is 2.48. The van der Waals surface area contributed by atoms with Crippen molar-refractivity contribution in [1.29, 1.82) is 0 Å². The Morgan fingerprint density at radius 2 is 2.05 bits per heavy atom. The molecule has 100 valence electrons. The van der Waals surface area contributed by atoms with Crippen molar-refractivity contribution in [3.8, 4) is 0 Å². The van der Waals surface area contributed by atoms with Gasteiger partial charge in [0.15, 0.2) is 5.82 Å². The maximum absolute atomic E-state index is 8.90. The number of nitrogens with zero attached hydrogens (tertiary/aromatic N) is 3. The van der Waals surface area contributed by atoms with Crippen molar-refractivity contribution in [2.24, 2.45) is 0 Å². The van der Waals surface area contributed by atoms with Crippen molar-refractivity contribution in [2.75, 3.05) is 5.32 Å². The molecular weight excluding hydrogens is 242 g/mol. The molecule has 0 radical (unpaired) electrons. The van der Waals surface area contributed by atoms with E-state index in [1.54, 1.807) is 12.4 Å². The number of H-pyrrole nitrogens is 1. The summed E-state index contributed by atoms with van der Waals surface area (Å²) < 4.78 is 0. The predicted molar refractivity (Wildman–Crippen MR) is 71.0 cm³/mol. The van der Waals surface area contributed by atoms with E-state index in [0.29, 0.717) is 17.4 Å². The maximum atomic E-state index is 8.90. The average Bonchev–Trinajstić information content (AvgIpc) is 3.10. The number of aliphatic hydroxyl groups excluding tert-OH is 1. The SMILES string of the molecule is OCc1cnc(Nc2cc(C3CCCC3)[nH]n2)cn1. The van der Waals surface area contributed by atoms with Gasteiger partial charge in [-0.2, -0.15) is 5.10 Å². The molecule has 0 atom stereocenters. The van der Waals surface area contributed by atoms with Crippen molar-refractivity contribution in [2.45, 2.75) is 38.2 Å². The van der Waals surface area contributed by atoms with E-state index in [2.05, 4.69) is 25.5 Å². The molecule has 0 aliphatic heterocycles. The molecule has 0 unspecified atom stereocenters. The Morgan fingerprint density at radius 1 is 1.21 bits per heavy atom. The molecule has 0 amide bonds. The molecule has 1 aliphatic rings. The van der Waals surface area contributed by atoms with Gasteiger partial charge < -0.3 is 10.4 Å². The van der Waals surface area contributed by atoms with Gasteiger partial charge in [-0.25, -0.2) is 4.98 Å². The lowest BCUT2D eigenvalue weighted by Gasteiger charge is -2.03. The number of hydrogen-bond donors (Lipinski definition) is 3. The summed E-state index contributed by atoms with van der Waals surface area (Å²) in [5.74, 6) is 2.00. The molecule has 1 saturated carbocycles. The number of aromatic nitrogens is 4. The van der Waals surface area contributed by atoms with Gasteiger partial charge in [-0.1, -0.05) is 12.8 Å². The van der Waals surface area contributed by atoms with Crippen molar-refractivity contribution in [1.82, 2.24) is 20.2 Å². The Labute approximate surface area is 111 Å². The van der Waals surface area contributed by atoms with E-state index in [4.69, 9.17) is 5.11 Å². The van der Waals surface area contributed by atoms with Crippen LogP contribution in [0.3, 0.4) is 0 Å². The number of aromatic amines is 1. The quantitative estimate of drug-likeness (QED) is 0.782. The fraction of sp³-hybridized carbons (Fsp3) is 0.462. The molecule has 6 heteroatoms. The van der Waals surface area contributed by atoms with E-state index in [9.17, 15) is 0 Å². The van der Waals surface area contributed by atoms with Gasteiger partial charge in [-0.15, -0.1) is 0 Å². The van der Waals surface area contributed by atoms with Crippen molar-refractivity contribution >= 4 is 11.6 Å². The van der Waals surface area contributed by atoms with E-state index < -0.39 is 0 Å². The van der Waals surface area contributed by atoms with Crippen LogP contribution >= 0.6 is 0 Å². The highest BCUT2D eigenvalue weighted by Gasteiger charge is 2.19. The first-order valence-electron chi connectivity index (χ1n) is 6.59. The zero-order valence-corrected chi connectivity index (χ0v) is 10.6. The molecule has 0 saturated heterocycles. The summed E-state index contributed by atoms with van der Waals surface area (Å²) in [6.07, 6.45) is 8.24. The minimum Gasteiger partial charge on any atom is -0.390 e. The number of nitrogens with one attached hydrogen (secondary N) is 2. The van der Waals surface area contributed by atoms with Crippen LogP contribution < -0.4 is 5.32 Å². The third kappa shape index (κ3) is 2.73. The monoisotopic (exact) mass is 259 g/mol. The van der Waals surface area contributed by atoms with Crippen LogP contribution in [-0.4, -0.2) is 25.3 Å². The summed E-state index contributed by atoms with van der Waals surface area (Å²) in [5, 5.41) is 19.3. The Morgan fingerprint density at radius 3 is 2.74 bits per heavy atom. The fourth-order valence-electron chi connectivity index (χ4n) is 2.48. The number of aliphatic hydroxyl groups is 1. The minimum atomic E-state index is -0.0957. The van der Waals surface area contributed by atoms with Crippen LogP contribution in [0.5, 0.6) is 0 Å². The molecule has 2 aromatic rings. The number of anilines is 2. The minimum absolute atomic E-state index is 0.0957. The van der Waals surface area contributed by atoms with Gasteiger partial charge in [0.25, 0.3) is 0 Å².